The third kappa shape index (κ3) is 3.63. The molecule has 0 aliphatic carbocycles. The van der Waals surface area contributed by atoms with E-state index in [0.29, 0.717) is 24.3 Å². The summed E-state index contributed by atoms with van der Waals surface area (Å²) in [5.74, 6) is 0. The summed E-state index contributed by atoms with van der Waals surface area (Å²) in [4.78, 5) is 12.6. The molecule has 0 spiro atoms. The summed E-state index contributed by atoms with van der Waals surface area (Å²) in [6.45, 7) is 0.892. The lowest BCUT2D eigenvalue weighted by Crippen LogP contribution is -2.29. The molecule has 4 N–H and O–H groups in total. The topological polar surface area (TPSA) is 86.8 Å². The number of carbonyl (C=O) groups is 1. The van der Waals surface area contributed by atoms with E-state index in [-0.39, 0.29) is 13.2 Å². The van der Waals surface area contributed by atoms with Gasteiger partial charge in [0.15, 0.2) is 0 Å². The lowest BCUT2D eigenvalue weighted by atomic mass is 10.0. The Balaban J connectivity index is 2.38. The van der Waals surface area contributed by atoms with Crippen LogP contribution in [0.5, 0.6) is 0 Å². The Morgan fingerprint density at radius 3 is 2.18 bits per heavy atom. The number of aliphatic hydroxyl groups is 2. The maximum absolute atomic E-state index is 10.7. The van der Waals surface area contributed by atoms with Crippen molar-refractivity contribution >= 4 is 17.7 Å². The van der Waals surface area contributed by atoms with Crippen molar-refractivity contribution in [3.05, 3.63) is 48.0 Å². The maximum atomic E-state index is 10.7. The van der Waals surface area contributed by atoms with Crippen LogP contribution in [0.1, 0.15) is 10.4 Å². The molecule has 5 nitrogen and oxygen atoms in total. The Kier molecular flexibility index (Phi) is 5.52. The summed E-state index contributed by atoms with van der Waals surface area (Å²) in [5, 5.41) is 18.3. The standard InChI is InChI=1S/C17H20N2O3/c18-17-6-5-15(19(7-9-20)8-10-21)11-16(17)14-3-1-13(12-22)2-4-14/h1-6,11-12,20-21H,7-10,18H2. The van der Waals surface area contributed by atoms with Crippen LogP contribution < -0.4 is 10.6 Å². The molecule has 2 aromatic carbocycles. The number of rotatable bonds is 7. The number of nitrogens with zero attached hydrogens (tertiary/aromatic N) is 1. The van der Waals surface area contributed by atoms with E-state index in [9.17, 15) is 4.79 Å². The monoisotopic (exact) mass is 300 g/mol. The minimum atomic E-state index is 0.00768. The van der Waals surface area contributed by atoms with Crippen LogP contribution in [-0.4, -0.2) is 42.8 Å². The molecule has 22 heavy (non-hydrogen) atoms. The fourth-order valence-corrected chi connectivity index (χ4v) is 2.34. The lowest BCUT2D eigenvalue weighted by Gasteiger charge is -2.24. The van der Waals surface area contributed by atoms with Gasteiger partial charge in [0, 0.05) is 35.6 Å². The van der Waals surface area contributed by atoms with E-state index in [0.717, 1.165) is 23.1 Å². The van der Waals surface area contributed by atoms with E-state index in [1.54, 1.807) is 18.2 Å². The van der Waals surface area contributed by atoms with Crippen molar-refractivity contribution < 1.29 is 15.0 Å². The van der Waals surface area contributed by atoms with Crippen molar-refractivity contribution in [2.45, 2.75) is 0 Å². The normalized spacial score (nSPS) is 10.5. The van der Waals surface area contributed by atoms with Crippen molar-refractivity contribution in [3.8, 4) is 11.1 Å². The first-order valence-electron chi connectivity index (χ1n) is 7.11. The van der Waals surface area contributed by atoms with Gasteiger partial charge < -0.3 is 20.8 Å². The highest BCUT2D eigenvalue weighted by molar-refractivity contribution is 5.82. The number of nitrogen functional groups attached to an aromatic ring is 1. The zero-order valence-electron chi connectivity index (χ0n) is 12.3. The van der Waals surface area contributed by atoms with Crippen LogP contribution in [0.4, 0.5) is 11.4 Å². The molecule has 2 aromatic rings. The predicted octanol–water partition coefficient (Wildman–Crippen LogP) is 1.54. The highest BCUT2D eigenvalue weighted by Crippen LogP contribution is 2.30. The van der Waals surface area contributed by atoms with Crippen molar-refractivity contribution in [2.24, 2.45) is 0 Å². The van der Waals surface area contributed by atoms with Crippen LogP contribution in [0.3, 0.4) is 0 Å². The number of nitrogens with two attached hydrogens (primary N) is 1. The van der Waals surface area contributed by atoms with Gasteiger partial charge >= 0.3 is 0 Å². The molecule has 116 valence electrons. The van der Waals surface area contributed by atoms with E-state index in [1.165, 1.54) is 0 Å². The van der Waals surface area contributed by atoms with Crippen LogP contribution in [0.25, 0.3) is 11.1 Å². The minimum absolute atomic E-state index is 0.00768. The molecule has 0 saturated heterocycles. The summed E-state index contributed by atoms with van der Waals surface area (Å²) in [6.07, 6.45) is 0.799. The first-order valence-corrected chi connectivity index (χ1v) is 7.11. The summed E-state index contributed by atoms with van der Waals surface area (Å²) in [7, 11) is 0. The molecular weight excluding hydrogens is 280 g/mol. The van der Waals surface area contributed by atoms with E-state index in [4.69, 9.17) is 15.9 Å². The van der Waals surface area contributed by atoms with Gasteiger partial charge in [-0.3, -0.25) is 4.79 Å². The second-order valence-corrected chi connectivity index (χ2v) is 4.95. The van der Waals surface area contributed by atoms with Crippen LogP contribution >= 0.6 is 0 Å². The van der Waals surface area contributed by atoms with Gasteiger partial charge in [0.25, 0.3) is 0 Å². The van der Waals surface area contributed by atoms with E-state index >= 15 is 0 Å². The Morgan fingerprint density at radius 1 is 1.00 bits per heavy atom. The number of aliphatic hydroxyl groups excluding tert-OH is 2. The lowest BCUT2D eigenvalue weighted by molar-refractivity contribution is 0.112. The quantitative estimate of drug-likeness (QED) is 0.533. The Labute approximate surface area is 129 Å². The highest BCUT2D eigenvalue weighted by atomic mass is 16.3. The number of hydrogen-bond donors (Lipinski definition) is 3. The van der Waals surface area contributed by atoms with E-state index in [2.05, 4.69) is 0 Å². The third-order valence-electron chi connectivity index (χ3n) is 3.50. The zero-order valence-corrected chi connectivity index (χ0v) is 12.3. The van der Waals surface area contributed by atoms with Gasteiger partial charge in [0.2, 0.25) is 0 Å². The Morgan fingerprint density at radius 2 is 1.64 bits per heavy atom. The van der Waals surface area contributed by atoms with Crippen LogP contribution in [0.15, 0.2) is 42.5 Å². The van der Waals surface area contributed by atoms with Crippen molar-refractivity contribution in [1.82, 2.24) is 0 Å². The van der Waals surface area contributed by atoms with Gasteiger partial charge in [-0.1, -0.05) is 24.3 Å². The first kappa shape index (κ1) is 16.0. The van der Waals surface area contributed by atoms with Gasteiger partial charge in [-0.15, -0.1) is 0 Å². The maximum Gasteiger partial charge on any atom is 0.150 e. The number of carbonyl (C=O) groups excluding carboxylic acids is 1. The predicted molar refractivity (Wildman–Crippen MR) is 88.1 cm³/mol. The summed E-state index contributed by atoms with van der Waals surface area (Å²) >= 11 is 0. The first-order chi connectivity index (χ1) is 10.7. The van der Waals surface area contributed by atoms with Crippen LogP contribution in [0.2, 0.25) is 0 Å². The molecule has 0 fully saturated rings. The molecule has 0 heterocycles. The summed E-state index contributed by atoms with van der Waals surface area (Å²) in [5.41, 5.74) is 9.95. The third-order valence-corrected chi connectivity index (χ3v) is 3.50. The number of aldehydes is 1. The Hall–Kier alpha value is -2.37. The molecule has 0 bridgehead atoms. The van der Waals surface area contributed by atoms with Gasteiger partial charge in [-0.05, 0) is 23.8 Å². The molecule has 2 rings (SSSR count). The molecule has 0 atom stereocenters. The average molecular weight is 300 g/mol. The fraction of sp³-hybridized carbons (Fsp3) is 0.235. The Bertz CT molecular complexity index is 620. The molecular formula is C17H20N2O3. The molecule has 0 amide bonds. The number of hydrogen-bond acceptors (Lipinski definition) is 5. The van der Waals surface area contributed by atoms with Crippen LogP contribution in [-0.2, 0) is 0 Å². The van der Waals surface area contributed by atoms with Crippen molar-refractivity contribution in [3.63, 3.8) is 0 Å². The SMILES string of the molecule is Nc1ccc(N(CCO)CCO)cc1-c1ccc(C=O)cc1. The van der Waals surface area contributed by atoms with Crippen molar-refractivity contribution in [1.29, 1.82) is 0 Å². The van der Waals surface area contributed by atoms with Gasteiger partial charge in [0.1, 0.15) is 6.29 Å². The van der Waals surface area contributed by atoms with Gasteiger partial charge in [-0.2, -0.15) is 0 Å². The van der Waals surface area contributed by atoms with Crippen molar-refractivity contribution in [2.75, 3.05) is 36.9 Å². The zero-order chi connectivity index (χ0) is 15.9. The molecule has 0 aromatic heterocycles. The summed E-state index contributed by atoms with van der Waals surface area (Å²) in [6, 6.07) is 12.8. The van der Waals surface area contributed by atoms with E-state index in [1.807, 2.05) is 29.2 Å². The molecule has 0 radical (unpaired) electrons. The minimum Gasteiger partial charge on any atom is -0.398 e. The smallest absolute Gasteiger partial charge is 0.150 e. The number of benzene rings is 2. The summed E-state index contributed by atoms with van der Waals surface area (Å²) < 4.78 is 0. The second-order valence-electron chi connectivity index (χ2n) is 4.95. The van der Waals surface area contributed by atoms with Gasteiger partial charge in [0.05, 0.1) is 13.2 Å². The second kappa shape index (κ2) is 7.59. The van der Waals surface area contributed by atoms with Crippen LogP contribution in [0, 0.1) is 0 Å². The largest absolute Gasteiger partial charge is 0.398 e. The molecule has 0 aliphatic heterocycles. The van der Waals surface area contributed by atoms with E-state index < -0.39 is 0 Å². The number of anilines is 2. The molecule has 0 aliphatic rings. The molecule has 0 unspecified atom stereocenters. The fourth-order valence-electron chi connectivity index (χ4n) is 2.34. The molecule has 5 heteroatoms. The average Bonchev–Trinajstić information content (AvgIpc) is 2.55. The molecule has 0 saturated carbocycles. The highest BCUT2D eigenvalue weighted by Gasteiger charge is 2.09. The van der Waals surface area contributed by atoms with Gasteiger partial charge in [-0.25, -0.2) is 0 Å².